The molecule has 14 heavy (non-hydrogen) atoms. The highest BCUT2D eigenvalue weighted by atomic mass is 127. The summed E-state index contributed by atoms with van der Waals surface area (Å²) in [6.07, 6.45) is -0.900. The minimum absolute atomic E-state index is 0.125. The number of rotatable bonds is 2. The Morgan fingerprint density at radius 2 is 2.29 bits per heavy atom. The number of ether oxygens (including phenoxy) is 2. The quantitative estimate of drug-likeness (QED) is 0.790. The first-order chi connectivity index (χ1) is 6.61. The van der Waals surface area contributed by atoms with Crippen molar-refractivity contribution in [3.05, 3.63) is 9.66 Å². The minimum Gasteiger partial charge on any atom is -0.387 e. The molecule has 3 nitrogen and oxygen atoms in total. The summed E-state index contributed by atoms with van der Waals surface area (Å²) in [6, 6.07) is 0. The van der Waals surface area contributed by atoms with Gasteiger partial charge in [0, 0.05) is 13.0 Å². The van der Waals surface area contributed by atoms with Gasteiger partial charge in [0.1, 0.15) is 12.2 Å². The molecule has 0 aromatic heterocycles. The summed E-state index contributed by atoms with van der Waals surface area (Å²) < 4.78 is 12.8. The standard InChI is InChI=1S/C10H17IO3/c1-6(4-11)10-8(12)9(13-3)7(2)5-14-10/h4,7-10,12H,5H2,1-3H3/b6-4+/t7-,8+,9-,10-/m0/s1. The van der Waals surface area contributed by atoms with Crippen LogP contribution in [0.3, 0.4) is 0 Å². The molecule has 0 unspecified atom stereocenters. The highest BCUT2D eigenvalue weighted by molar-refractivity contribution is 14.1. The molecular formula is C10H17IO3. The SMILES string of the molecule is CO[C@@H]1[C@@H](O)[C@H](/C(C)=C/I)OC[C@@H]1C. The molecule has 1 aliphatic rings. The van der Waals surface area contributed by atoms with E-state index in [0.717, 1.165) is 5.57 Å². The van der Waals surface area contributed by atoms with Crippen molar-refractivity contribution in [2.24, 2.45) is 5.92 Å². The monoisotopic (exact) mass is 312 g/mol. The van der Waals surface area contributed by atoms with Gasteiger partial charge in [-0.1, -0.05) is 29.5 Å². The molecule has 1 rings (SSSR count). The number of methoxy groups -OCH3 is 1. The summed E-state index contributed by atoms with van der Waals surface area (Å²) in [5.74, 6) is 0.244. The van der Waals surface area contributed by atoms with Gasteiger partial charge in [-0.25, -0.2) is 0 Å². The van der Waals surface area contributed by atoms with Crippen molar-refractivity contribution in [1.29, 1.82) is 0 Å². The first-order valence-electron chi connectivity index (χ1n) is 4.71. The lowest BCUT2D eigenvalue weighted by molar-refractivity contribution is -0.158. The Morgan fingerprint density at radius 1 is 1.64 bits per heavy atom. The molecule has 0 radical (unpaired) electrons. The Kier molecular flexibility index (Phi) is 4.82. The van der Waals surface area contributed by atoms with Gasteiger partial charge >= 0.3 is 0 Å². The maximum atomic E-state index is 10.0. The van der Waals surface area contributed by atoms with Gasteiger partial charge in [0.05, 0.1) is 12.7 Å². The average molecular weight is 312 g/mol. The number of hydrogen-bond acceptors (Lipinski definition) is 3. The lowest BCUT2D eigenvalue weighted by Gasteiger charge is -2.38. The Hall–Kier alpha value is 0.350. The van der Waals surface area contributed by atoms with Crippen molar-refractivity contribution in [3.63, 3.8) is 0 Å². The van der Waals surface area contributed by atoms with Crippen molar-refractivity contribution < 1.29 is 14.6 Å². The van der Waals surface area contributed by atoms with Gasteiger partial charge in [-0.15, -0.1) is 0 Å². The van der Waals surface area contributed by atoms with Crippen molar-refractivity contribution in [1.82, 2.24) is 0 Å². The second kappa shape index (κ2) is 5.44. The van der Waals surface area contributed by atoms with Crippen molar-refractivity contribution >= 4 is 22.6 Å². The predicted molar refractivity (Wildman–Crippen MR) is 63.5 cm³/mol. The molecule has 1 fully saturated rings. The summed E-state index contributed by atoms with van der Waals surface area (Å²) in [6.45, 7) is 4.63. The number of halogens is 1. The molecule has 0 spiro atoms. The van der Waals surface area contributed by atoms with E-state index in [0.29, 0.717) is 6.61 Å². The number of hydrogen-bond donors (Lipinski definition) is 1. The summed E-state index contributed by atoms with van der Waals surface area (Å²) in [5.41, 5.74) is 1.05. The summed E-state index contributed by atoms with van der Waals surface area (Å²) in [7, 11) is 1.63. The van der Waals surface area contributed by atoms with Crippen LogP contribution in [-0.4, -0.2) is 37.1 Å². The van der Waals surface area contributed by atoms with E-state index < -0.39 is 6.10 Å². The van der Waals surface area contributed by atoms with Gasteiger partial charge in [0.25, 0.3) is 0 Å². The van der Waals surface area contributed by atoms with E-state index in [1.54, 1.807) is 7.11 Å². The molecule has 0 bridgehead atoms. The van der Waals surface area contributed by atoms with Crippen LogP contribution in [0.1, 0.15) is 13.8 Å². The van der Waals surface area contributed by atoms with Crippen LogP contribution in [0, 0.1) is 5.92 Å². The molecule has 0 amide bonds. The third kappa shape index (κ3) is 2.48. The first kappa shape index (κ1) is 12.4. The van der Waals surface area contributed by atoms with E-state index in [1.807, 2.05) is 17.9 Å². The van der Waals surface area contributed by atoms with Crippen LogP contribution in [0.4, 0.5) is 0 Å². The van der Waals surface area contributed by atoms with Crippen LogP contribution < -0.4 is 0 Å². The second-order valence-electron chi connectivity index (χ2n) is 3.78. The van der Waals surface area contributed by atoms with Crippen molar-refractivity contribution in [2.75, 3.05) is 13.7 Å². The number of aliphatic hydroxyl groups excluding tert-OH is 1. The third-order valence-corrected chi connectivity index (χ3v) is 3.62. The van der Waals surface area contributed by atoms with Crippen LogP contribution >= 0.6 is 22.6 Å². The molecule has 1 N–H and O–H groups in total. The van der Waals surface area contributed by atoms with E-state index in [-0.39, 0.29) is 18.1 Å². The van der Waals surface area contributed by atoms with Crippen LogP contribution in [-0.2, 0) is 9.47 Å². The lowest BCUT2D eigenvalue weighted by atomic mass is 9.91. The van der Waals surface area contributed by atoms with Crippen LogP contribution in [0.2, 0.25) is 0 Å². The van der Waals surface area contributed by atoms with Gasteiger partial charge in [0.15, 0.2) is 0 Å². The molecule has 0 saturated carbocycles. The normalized spacial score (nSPS) is 39.9. The highest BCUT2D eigenvalue weighted by Crippen LogP contribution is 2.26. The molecular weight excluding hydrogens is 295 g/mol. The number of aliphatic hydroxyl groups is 1. The van der Waals surface area contributed by atoms with E-state index in [2.05, 4.69) is 22.6 Å². The van der Waals surface area contributed by atoms with Crippen molar-refractivity contribution in [3.8, 4) is 0 Å². The maximum Gasteiger partial charge on any atom is 0.110 e. The molecule has 4 atom stereocenters. The Labute approximate surface area is 98.6 Å². The third-order valence-electron chi connectivity index (χ3n) is 2.64. The summed E-state index contributed by atoms with van der Waals surface area (Å²) >= 11 is 2.16. The minimum atomic E-state index is -0.560. The van der Waals surface area contributed by atoms with Crippen LogP contribution in [0.5, 0.6) is 0 Å². The highest BCUT2D eigenvalue weighted by Gasteiger charge is 2.37. The van der Waals surface area contributed by atoms with E-state index in [1.165, 1.54) is 0 Å². The van der Waals surface area contributed by atoms with E-state index >= 15 is 0 Å². The van der Waals surface area contributed by atoms with Crippen LogP contribution in [0.15, 0.2) is 9.66 Å². The van der Waals surface area contributed by atoms with Gasteiger partial charge in [-0.05, 0) is 16.6 Å². The Bertz CT molecular complexity index is 217. The molecule has 1 aliphatic heterocycles. The van der Waals surface area contributed by atoms with Crippen molar-refractivity contribution in [2.45, 2.75) is 32.2 Å². The van der Waals surface area contributed by atoms with E-state index in [4.69, 9.17) is 9.47 Å². The molecule has 0 aromatic carbocycles. The molecule has 0 aromatic rings. The molecule has 1 saturated heterocycles. The largest absolute Gasteiger partial charge is 0.387 e. The zero-order valence-corrected chi connectivity index (χ0v) is 10.9. The van der Waals surface area contributed by atoms with Gasteiger partial charge in [-0.3, -0.25) is 0 Å². The average Bonchev–Trinajstić information content (AvgIpc) is 2.18. The van der Waals surface area contributed by atoms with Gasteiger partial charge in [-0.2, -0.15) is 0 Å². The summed E-state index contributed by atoms with van der Waals surface area (Å²) in [4.78, 5) is 0. The smallest absolute Gasteiger partial charge is 0.110 e. The Morgan fingerprint density at radius 3 is 2.79 bits per heavy atom. The molecule has 0 aliphatic carbocycles. The van der Waals surface area contributed by atoms with Gasteiger partial charge in [0.2, 0.25) is 0 Å². The zero-order valence-electron chi connectivity index (χ0n) is 8.74. The molecule has 1 heterocycles. The van der Waals surface area contributed by atoms with Gasteiger partial charge < -0.3 is 14.6 Å². The van der Waals surface area contributed by atoms with Crippen LogP contribution in [0.25, 0.3) is 0 Å². The Balaban J connectivity index is 2.73. The summed E-state index contributed by atoms with van der Waals surface area (Å²) in [5, 5.41) is 10.0. The second-order valence-corrected chi connectivity index (χ2v) is 4.40. The van der Waals surface area contributed by atoms with E-state index in [9.17, 15) is 5.11 Å². The molecule has 82 valence electrons. The zero-order chi connectivity index (χ0) is 10.7. The fraction of sp³-hybridized carbons (Fsp3) is 0.800. The topological polar surface area (TPSA) is 38.7 Å². The fourth-order valence-electron chi connectivity index (χ4n) is 1.79. The fourth-order valence-corrected chi connectivity index (χ4v) is 2.15. The molecule has 4 heteroatoms. The maximum absolute atomic E-state index is 10.0. The lowest BCUT2D eigenvalue weighted by Crippen LogP contribution is -2.50. The predicted octanol–water partition coefficient (Wildman–Crippen LogP) is 1.74. The first-order valence-corrected chi connectivity index (χ1v) is 5.95.